The van der Waals surface area contributed by atoms with Gasteiger partial charge in [-0.15, -0.1) is 0 Å². The van der Waals surface area contributed by atoms with Crippen molar-refractivity contribution < 1.29 is 9.90 Å². The van der Waals surface area contributed by atoms with Gasteiger partial charge in [0.05, 0.1) is 5.57 Å². The summed E-state index contributed by atoms with van der Waals surface area (Å²) in [7, 11) is 0. The van der Waals surface area contributed by atoms with Gasteiger partial charge in [0.25, 0.3) is 0 Å². The molecule has 0 fully saturated rings. The second-order valence-electron chi connectivity index (χ2n) is 1.39. The van der Waals surface area contributed by atoms with Crippen molar-refractivity contribution in [2.75, 3.05) is 0 Å². The largest absolute Gasteiger partial charge is 0.478 e. The van der Waals surface area contributed by atoms with Crippen LogP contribution in [0.4, 0.5) is 0 Å². The van der Waals surface area contributed by atoms with Crippen LogP contribution in [-0.4, -0.2) is 11.1 Å². The van der Waals surface area contributed by atoms with E-state index in [0.717, 1.165) is 0 Å². The number of rotatable bonds is 1. The van der Waals surface area contributed by atoms with Gasteiger partial charge in [0.2, 0.25) is 0 Å². The molecule has 0 bridgehead atoms. The summed E-state index contributed by atoms with van der Waals surface area (Å²) >= 11 is 0. The maximum absolute atomic E-state index is 9.84. The molecule has 36 valence electrons. The molecule has 1 rings (SSSR count). The highest BCUT2D eigenvalue weighted by Gasteiger charge is 2.20. The molecule has 1 aliphatic carbocycles. The van der Waals surface area contributed by atoms with Gasteiger partial charge in [-0.2, -0.15) is 0 Å². The van der Waals surface area contributed by atoms with Gasteiger partial charge in [0.15, 0.2) is 0 Å². The SMILES string of the molecule is C=C1C=C1C(=O)O. The number of aliphatic carboxylic acids is 1. The number of hydrogen-bond donors (Lipinski definition) is 1. The van der Waals surface area contributed by atoms with Crippen molar-refractivity contribution in [3.63, 3.8) is 0 Å². The highest BCUT2D eigenvalue weighted by Crippen LogP contribution is 2.24. The monoisotopic (exact) mass is 96.0 g/mol. The minimum Gasteiger partial charge on any atom is -0.478 e. The fourth-order valence-electron chi connectivity index (χ4n) is 0.337. The van der Waals surface area contributed by atoms with Crippen LogP contribution in [0.2, 0.25) is 0 Å². The van der Waals surface area contributed by atoms with Crippen molar-refractivity contribution in [2.45, 2.75) is 0 Å². The first kappa shape index (κ1) is 4.12. The van der Waals surface area contributed by atoms with Crippen molar-refractivity contribution in [3.8, 4) is 0 Å². The molecule has 0 heterocycles. The van der Waals surface area contributed by atoms with Crippen molar-refractivity contribution in [3.05, 3.63) is 23.8 Å². The van der Waals surface area contributed by atoms with Crippen LogP contribution in [0.5, 0.6) is 0 Å². The number of carboxylic acid groups (broad SMARTS) is 1. The van der Waals surface area contributed by atoms with Gasteiger partial charge in [-0.1, -0.05) is 6.58 Å². The molecule has 0 aromatic heterocycles. The van der Waals surface area contributed by atoms with Crippen LogP contribution in [-0.2, 0) is 4.79 Å². The molecule has 0 aromatic carbocycles. The second kappa shape index (κ2) is 0.964. The first-order chi connectivity index (χ1) is 3.22. The molecule has 0 atom stereocenters. The molecule has 7 heavy (non-hydrogen) atoms. The average molecular weight is 96.1 g/mol. The summed E-state index contributed by atoms with van der Waals surface area (Å²) in [6.07, 6.45) is 1.53. The van der Waals surface area contributed by atoms with Crippen molar-refractivity contribution in [2.24, 2.45) is 0 Å². The number of hydrogen-bond acceptors (Lipinski definition) is 1. The number of carboxylic acids is 1. The first-order valence-corrected chi connectivity index (χ1v) is 1.86. The van der Waals surface area contributed by atoms with Gasteiger partial charge in [-0.05, 0) is 11.6 Å². The van der Waals surface area contributed by atoms with Crippen LogP contribution in [0.25, 0.3) is 0 Å². The summed E-state index contributed by atoms with van der Waals surface area (Å²) in [5.41, 5.74) is 1.01. The Labute approximate surface area is 40.8 Å². The molecule has 2 nitrogen and oxygen atoms in total. The van der Waals surface area contributed by atoms with Crippen LogP contribution < -0.4 is 0 Å². The molecule has 0 unspecified atom stereocenters. The summed E-state index contributed by atoms with van der Waals surface area (Å²) in [4.78, 5) is 9.84. The van der Waals surface area contributed by atoms with E-state index in [-0.39, 0.29) is 0 Å². The fraction of sp³-hybridized carbons (Fsp3) is 0. The minimum atomic E-state index is -0.870. The normalized spacial score (nSPS) is 16.0. The maximum Gasteiger partial charge on any atom is 0.336 e. The molecule has 0 aliphatic heterocycles. The summed E-state index contributed by atoms with van der Waals surface area (Å²) in [6.45, 7) is 3.40. The Kier molecular flexibility index (Phi) is 0.567. The lowest BCUT2D eigenvalue weighted by molar-refractivity contribution is -0.131. The van der Waals surface area contributed by atoms with Crippen LogP contribution in [0.3, 0.4) is 0 Å². The summed E-state index contributed by atoms with van der Waals surface area (Å²) in [6, 6.07) is 0. The van der Waals surface area contributed by atoms with Gasteiger partial charge in [-0.25, -0.2) is 4.79 Å². The third kappa shape index (κ3) is 0.538. The quantitative estimate of drug-likeness (QED) is 0.518. The average Bonchev–Trinajstić information content (AvgIpc) is 2.17. The lowest BCUT2D eigenvalue weighted by atomic mass is 10.4. The van der Waals surface area contributed by atoms with E-state index < -0.39 is 5.97 Å². The zero-order valence-electron chi connectivity index (χ0n) is 3.64. The van der Waals surface area contributed by atoms with Gasteiger partial charge in [0, 0.05) is 0 Å². The molecule has 0 saturated carbocycles. The Morgan fingerprint density at radius 3 is 2.29 bits per heavy atom. The molecule has 1 N–H and O–H groups in total. The van der Waals surface area contributed by atoms with E-state index in [4.69, 9.17) is 5.11 Å². The summed E-state index contributed by atoms with van der Waals surface area (Å²) in [5, 5.41) is 8.09. The molecule has 0 aromatic rings. The van der Waals surface area contributed by atoms with Crippen LogP contribution in [0.1, 0.15) is 0 Å². The molecular formula is C5H4O2. The molecular weight excluding hydrogens is 92.1 g/mol. The van der Waals surface area contributed by atoms with E-state index >= 15 is 0 Å². The Balaban J connectivity index is 2.64. The first-order valence-electron chi connectivity index (χ1n) is 1.86. The van der Waals surface area contributed by atoms with E-state index in [1.165, 1.54) is 6.08 Å². The Morgan fingerprint density at radius 2 is 2.29 bits per heavy atom. The fourth-order valence-corrected chi connectivity index (χ4v) is 0.337. The predicted molar refractivity (Wildman–Crippen MR) is 24.9 cm³/mol. The Hall–Kier alpha value is -1.05. The Bertz CT molecular complexity index is 165. The smallest absolute Gasteiger partial charge is 0.336 e. The van der Waals surface area contributed by atoms with E-state index in [1.807, 2.05) is 0 Å². The molecule has 0 amide bonds. The van der Waals surface area contributed by atoms with Crippen LogP contribution in [0, 0.1) is 0 Å². The van der Waals surface area contributed by atoms with Gasteiger partial charge in [0.1, 0.15) is 0 Å². The zero-order chi connectivity index (χ0) is 5.44. The minimum absolute atomic E-state index is 0.361. The molecule has 2 heteroatoms. The zero-order valence-corrected chi connectivity index (χ0v) is 3.64. The molecule has 1 aliphatic rings. The van der Waals surface area contributed by atoms with E-state index in [1.54, 1.807) is 0 Å². The van der Waals surface area contributed by atoms with Crippen LogP contribution in [0.15, 0.2) is 23.8 Å². The summed E-state index contributed by atoms with van der Waals surface area (Å²) < 4.78 is 0. The molecule has 0 saturated heterocycles. The predicted octanol–water partition coefficient (Wildman–Crippen LogP) is 0.567. The summed E-state index contributed by atoms with van der Waals surface area (Å²) in [5.74, 6) is -0.870. The third-order valence-electron chi connectivity index (χ3n) is 0.812. The van der Waals surface area contributed by atoms with Gasteiger partial charge in [-0.3, -0.25) is 0 Å². The lowest BCUT2D eigenvalue weighted by Gasteiger charge is -1.73. The van der Waals surface area contributed by atoms with E-state index in [9.17, 15) is 4.79 Å². The standard InChI is InChI=1S/C5H4O2/c1-3-2-4(3)5(6)7/h2H,1H2,(H,6,7). The molecule has 0 spiro atoms. The van der Waals surface area contributed by atoms with Gasteiger partial charge < -0.3 is 5.11 Å². The Morgan fingerprint density at radius 1 is 1.86 bits per heavy atom. The highest BCUT2D eigenvalue weighted by molar-refractivity contribution is 6.00. The number of allylic oxidation sites excluding steroid dienone is 1. The third-order valence-corrected chi connectivity index (χ3v) is 0.812. The maximum atomic E-state index is 9.84. The van der Waals surface area contributed by atoms with Crippen molar-refractivity contribution >= 4 is 5.97 Å². The van der Waals surface area contributed by atoms with Crippen molar-refractivity contribution in [1.82, 2.24) is 0 Å². The van der Waals surface area contributed by atoms with E-state index in [2.05, 4.69) is 6.58 Å². The van der Waals surface area contributed by atoms with Crippen molar-refractivity contribution in [1.29, 1.82) is 0 Å². The van der Waals surface area contributed by atoms with Crippen LogP contribution >= 0.6 is 0 Å². The second-order valence-corrected chi connectivity index (χ2v) is 1.39. The topological polar surface area (TPSA) is 37.3 Å². The molecule has 0 radical (unpaired) electrons. The highest BCUT2D eigenvalue weighted by atomic mass is 16.4. The number of carbonyl (C=O) groups is 1. The van der Waals surface area contributed by atoms with E-state index in [0.29, 0.717) is 11.1 Å². The lowest BCUT2D eigenvalue weighted by Crippen LogP contribution is -1.88. The van der Waals surface area contributed by atoms with Gasteiger partial charge >= 0.3 is 5.97 Å².